The van der Waals surface area contributed by atoms with E-state index in [-0.39, 0.29) is 24.9 Å². The summed E-state index contributed by atoms with van der Waals surface area (Å²) in [7, 11) is -0.432. The first-order chi connectivity index (χ1) is 21.3. The minimum absolute atomic E-state index is 0.143. The smallest absolute Gasteiger partial charge is 0.269 e. The third kappa shape index (κ3) is 12.0. The fraction of sp³-hybridized carbons (Fsp3) is 0.600. The molecule has 2 atom stereocenters. The minimum atomic E-state index is -0.695. The van der Waals surface area contributed by atoms with Crippen molar-refractivity contribution in [2.45, 2.75) is 96.5 Å². The predicted octanol–water partition coefficient (Wildman–Crippen LogP) is 7.84. The Morgan fingerprint density at radius 3 is 2.47 bits per heavy atom. The zero-order valence-corrected chi connectivity index (χ0v) is 30.2. The summed E-state index contributed by atoms with van der Waals surface area (Å²) in [6.07, 6.45) is 21.8. The molecule has 1 aromatic heterocycles. The summed E-state index contributed by atoms with van der Waals surface area (Å²) >= 11 is 1.74. The van der Waals surface area contributed by atoms with Crippen LogP contribution in [0.4, 0.5) is 8.78 Å². The average molecular weight is 668 g/mol. The molecule has 1 aliphatic rings. The number of allylic oxidation sites excluding steroid dienone is 3. The van der Waals surface area contributed by atoms with Crippen LogP contribution in [0.5, 0.6) is 0 Å². The Labute approximate surface area is 275 Å². The SMILES string of the molecule is C/C=C\C(=C/CC)C1CC[C@H](C)N(Cc2cc(F)c(C(CC)(CC)Cn3ccncc3=O)cc2F)S1.CS(C)(C)CCOCO. The summed E-state index contributed by atoms with van der Waals surface area (Å²) < 4.78 is 39.7. The summed E-state index contributed by atoms with van der Waals surface area (Å²) in [6, 6.07) is 3.00. The summed E-state index contributed by atoms with van der Waals surface area (Å²) in [5.74, 6) is 0.268. The van der Waals surface area contributed by atoms with Crippen molar-refractivity contribution in [2.75, 3.05) is 37.9 Å². The quantitative estimate of drug-likeness (QED) is 0.0959. The summed E-state index contributed by atoms with van der Waals surface area (Å²) in [5, 5.41) is 8.57. The van der Waals surface area contributed by atoms with Crippen molar-refractivity contribution >= 4 is 22.0 Å². The van der Waals surface area contributed by atoms with Gasteiger partial charge in [-0.2, -0.15) is 0 Å². The molecule has 0 saturated carbocycles. The third-order valence-corrected chi connectivity index (χ3v) is 11.3. The molecular weight excluding hydrogens is 613 g/mol. The molecule has 3 rings (SSSR count). The van der Waals surface area contributed by atoms with Crippen LogP contribution in [0.2, 0.25) is 0 Å². The maximum Gasteiger partial charge on any atom is 0.269 e. The van der Waals surface area contributed by atoms with Gasteiger partial charge in [-0.25, -0.2) is 23.1 Å². The molecule has 1 aromatic carbocycles. The van der Waals surface area contributed by atoms with Gasteiger partial charge < -0.3 is 14.4 Å². The normalized spacial score (nSPS) is 18.6. The lowest BCUT2D eigenvalue weighted by Gasteiger charge is -2.38. The van der Waals surface area contributed by atoms with E-state index in [0.717, 1.165) is 25.0 Å². The number of benzene rings is 1. The number of nitrogens with zero attached hydrogens (tertiary/aromatic N) is 3. The number of aliphatic hydroxyl groups is 1. The summed E-state index contributed by atoms with van der Waals surface area (Å²) in [6.45, 7) is 11.4. The molecule has 45 heavy (non-hydrogen) atoms. The van der Waals surface area contributed by atoms with Gasteiger partial charge in [-0.15, -0.1) is 0 Å². The number of ether oxygens (including phenoxy) is 1. The van der Waals surface area contributed by atoms with Gasteiger partial charge in [-0.1, -0.05) is 50.9 Å². The lowest BCUT2D eigenvalue weighted by Crippen LogP contribution is -2.36. The maximum atomic E-state index is 15.6. The van der Waals surface area contributed by atoms with Gasteiger partial charge in [0.05, 0.1) is 12.8 Å². The van der Waals surface area contributed by atoms with E-state index in [1.165, 1.54) is 28.5 Å². The van der Waals surface area contributed by atoms with Crippen molar-refractivity contribution in [1.29, 1.82) is 0 Å². The number of halogens is 2. The van der Waals surface area contributed by atoms with Gasteiger partial charge in [-0.05, 0) is 88.0 Å². The maximum absolute atomic E-state index is 15.6. The fourth-order valence-electron chi connectivity index (χ4n) is 5.44. The van der Waals surface area contributed by atoms with Crippen LogP contribution in [0, 0.1) is 11.6 Å². The largest absolute Gasteiger partial charge is 0.371 e. The van der Waals surface area contributed by atoms with Gasteiger partial charge in [0, 0.05) is 53.5 Å². The van der Waals surface area contributed by atoms with E-state index in [1.807, 2.05) is 20.8 Å². The second kappa shape index (κ2) is 19.0. The molecular formula is C35H55F2N3O3S2. The van der Waals surface area contributed by atoms with Crippen LogP contribution in [0.3, 0.4) is 0 Å². The second-order valence-corrected chi connectivity index (χ2v) is 18.3. The number of rotatable bonds is 14. The Morgan fingerprint density at radius 1 is 1.18 bits per heavy atom. The van der Waals surface area contributed by atoms with Crippen molar-refractivity contribution in [3.8, 4) is 0 Å². The monoisotopic (exact) mass is 667 g/mol. The van der Waals surface area contributed by atoms with Crippen molar-refractivity contribution in [3.63, 3.8) is 0 Å². The number of hydrogen-bond acceptors (Lipinski definition) is 6. The Hall–Kier alpha value is -1.98. The molecule has 6 nitrogen and oxygen atoms in total. The van der Waals surface area contributed by atoms with Crippen LogP contribution in [-0.2, 0) is 23.2 Å². The molecule has 2 aromatic rings. The molecule has 1 aliphatic heterocycles. The molecule has 1 fully saturated rings. The molecule has 1 N–H and O–H groups in total. The highest BCUT2D eigenvalue weighted by Gasteiger charge is 2.34. The highest BCUT2D eigenvalue weighted by Crippen LogP contribution is 2.40. The van der Waals surface area contributed by atoms with Crippen molar-refractivity contribution in [1.82, 2.24) is 13.9 Å². The number of aliphatic hydroxyl groups excluding tert-OH is 1. The Bertz CT molecular complexity index is 1310. The lowest BCUT2D eigenvalue weighted by atomic mass is 9.75. The zero-order chi connectivity index (χ0) is 33.6. The van der Waals surface area contributed by atoms with Crippen LogP contribution < -0.4 is 5.56 Å². The molecule has 1 saturated heterocycles. The Morgan fingerprint density at radius 2 is 1.89 bits per heavy atom. The first-order valence-corrected chi connectivity index (χ1v) is 19.8. The molecule has 254 valence electrons. The van der Waals surface area contributed by atoms with E-state index in [2.05, 4.69) is 60.1 Å². The van der Waals surface area contributed by atoms with Gasteiger partial charge in [0.2, 0.25) is 0 Å². The van der Waals surface area contributed by atoms with Gasteiger partial charge >= 0.3 is 0 Å². The van der Waals surface area contributed by atoms with Crippen LogP contribution in [0.25, 0.3) is 0 Å². The van der Waals surface area contributed by atoms with Gasteiger partial charge in [-0.3, -0.25) is 9.78 Å². The highest BCUT2D eigenvalue weighted by molar-refractivity contribution is 8.32. The van der Waals surface area contributed by atoms with E-state index in [0.29, 0.717) is 42.4 Å². The van der Waals surface area contributed by atoms with Crippen molar-refractivity contribution < 1.29 is 18.6 Å². The van der Waals surface area contributed by atoms with E-state index >= 15 is 8.78 Å². The topological polar surface area (TPSA) is 67.6 Å². The Balaban J connectivity index is 0.000000681. The standard InChI is InChI=1S/C29H39F2N3OS.C6H16O2S/c1-6-10-22(11-7-2)27-13-12-21(5)34(36-27)19-23-16-26(31)24(17-25(23)30)29(8-3,9-4)20-33-15-14-32-18-28(33)35;1-9(2,3)5-4-8-6-7/h6,10-11,14-18,21,27H,7-9,12-13,19-20H2,1-5H3;7H,4-6H2,1-3H3/b10-6-,22-11+;/t21-,27?;/m0./s1. The molecule has 0 radical (unpaired) electrons. The Kier molecular flexibility index (Phi) is 16.5. The van der Waals surface area contributed by atoms with Crippen molar-refractivity contribution in [3.05, 3.63) is 87.6 Å². The molecule has 2 heterocycles. The van der Waals surface area contributed by atoms with E-state index < -0.39 is 27.1 Å². The van der Waals surface area contributed by atoms with E-state index in [1.54, 1.807) is 24.3 Å². The molecule has 10 heteroatoms. The second-order valence-electron chi connectivity index (χ2n) is 12.5. The third-order valence-electron chi connectivity index (χ3n) is 8.36. The van der Waals surface area contributed by atoms with E-state index in [4.69, 9.17) is 9.84 Å². The molecule has 0 aliphatic carbocycles. The van der Waals surface area contributed by atoms with Crippen LogP contribution >= 0.6 is 22.0 Å². The molecule has 0 bridgehead atoms. The highest BCUT2D eigenvalue weighted by atomic mass is 32.3. The average Bonchev–Trinajstić information content (AvgIpc) is 2.99. The van der Waals surface area contributed by atoms with Gasteiger partial charge in [0.1, 0.15) is 18.4 Å². The molecule has 0 amide bonds. The summed E-state index contributed by atoms with van der Waals surface area (Å²) in [5.41, 5.74) is 1.05. The number of hydrogen-bond donors (Lipinski definition) is 1. The van der Waals surface area contributed by atoms with Gasteiger partial charge in [0.25, 0.3) is 5.56 Å². The predicted molar refractivity (Wildman–Crippen MR) is 189 cm³/mol. The lowest BCUT2D eigenvalue weighted by molar-refractivity contribution is 0.00657. The summed E-state index contributed by atoms with van der Waals surface area (Å²) in [4.78, 5) is 16.2. The zero-order valence-electron chi connectivity index (χ0n) is 28.5. The van der Waals surface area contributed by atoms with E-state index in [9.17, 15) is 4.79 Å². The van der Waals surface area contributed by atoms with Crippen LogP contribution in [0.1, 0.15) is 77.8 Å². The van der Waals surface area contributed by atoms with Gasteiger partial charge in [0.15, 0.2) is 0 Å². The first kappa shape index (κ1) is 39.2. The van der Waals surface area contributed by atoms with Crippen LogP contribution in [-0.4, -0.2) is 68.2 Å². The number of aromatic nitrogens is 2. The first-order valence-electron chi connectivity index (χ1n) is 15.9. The fourth-order valence-corrected chi connectivity index (χ4v) is 7.45. The van der Waals surface area contributed by atoms with Crippen molar-refractivity contribution in [2.24, 2.45) is 0 Å². The molecule has 1 unspecified atom stereocenters. The van der Waals surface area contributed by atoms with Crippen LogP contribution in [0.15, 0.2) is 59.3 Å². The molecule has 0 spiro atoms. The minimum Gasteiger partial charge on any atom is -0.371 e.